The summed E-state index contributed by atoms with van der Waals surface area (Å²) in [4.78, 5) is 32.1. The van der Waals surface area contributed by atoms with Gasteiger partial charge in [0, 0.05) is 6.42 Å². The van der Waals surface area contributed by atoms with Gasteiger partial charge in [0.2, 0.25) is 0 Å². The Labute approximate surface area is 102 Å². The van der Waals surface area contributed by atoms with Crippen LogP contribution in [0.25, 0.3) is 0 Å². The summed E-state index contributed by atoms with van der Waals surface area (Å²) in [5.74, 6) is -4.42. The molecule has 1 rings (SSSR count). The number of phenols is 1. The van der Waals surface area contributed by atoms with Crippen molar-refractivity contribution < 1.29 is 29.7 Å². The molecule has 0 fully saturated rings. The van der Waals surface area contributed by atoms with Crippen molar-refractivity contribution in [2.24, 2.45) is 0 Å². The van der Waals surface area contributed by atoms with Gasteiger partial charge < -0.3 is 20.6 Å². The number of carbonyl (C=O) groups excluding carboxylic acids is 1. The molecule has 1 amide bonds. The average Bonchev–Trinajstić information content (AvgIpc) is 2.30. The highest BCUT2D eigenvalue weighted by Gasteiger charge is 2.23. The van der Waals surface area contributed by atoms with Gasteiger partial charge in [0.25, 0.3) is 0 Å². The molecule has 18 heavy (non-hydrogen) atoms. The van der Waals surface area contributed by atoms with Crippen LogP contribution in [0.1, 0.15) is 5.56 Å². The number of carbonyl (C=O) groups is 3. The topological polar surface area (TPSA) is 124 Å². The second kappa shape index (κ2) is 5.67. The van der Waals surface area contributed by atoms with E-state index in [-0.39, 0.29) is 12.2 Å². The number of aromatic hydroxyl groups is 1. The van der Waals surface area contributed by atoms with Crippen LogP contribution >= 0.6 is 0 Å². The van der Waals surface area contributed by atoms with E-state index in [4.69, 9.17) is 15.3 Å². The lowest BCUT2D eigenvalue weighted by molar-refractivity contribution is -0.152. The minimum atomic E-state index is -1.74. The van der Waals surface area contributed by atoms with Crippen LogP contribution in [0.15, 0.2) is 24.3 Å². The van der Waals surface area contributed by atoms with E-state index in [0.717, 1.165) is 0 Å². The van der Waals surface area contributed by atoms with Crippen molar-refractivity contribution >= 4 is 17.8 Å². The van der Waals surface area contributed by atoms with Crippen LogP contribution in [-0.2, 0) is 20.8 Å². The molecule has 0 spiro atoms. The third kappa shape index (κ3) is 3.78. The van der Waals surface area contributed by atoms with Crippen molar-refractivity contribution in [3.63, 3.8) is 0 Å². The molecule has 0 bridgehead atoms. The quantitative estimate of drug-likeness (QED) is 0.541. The van der Waals surface area contributed by atoms with Crippen molar-refractivity contribution in [1.29, 1.82) is 0 Å². The van der Waals surface area contributed by atoms with Gasteiger partial charge in [-0.1, -0.05) is 12.1 Å². The number of aliphatic carboxylic acids is 2. The van der Waals surface area contributed by atoms with Crippen LogP contribution in [-0.4, -0.2) is 39.2 Å². The normalized spacial score (nSPS) is 11.6. The van der Waals surface area contributed by atoms with Crippen molar-refractivity contribution in [3.8, 4) is 5.75 Å². The third-order valence-electron chi connectivity index (χ3n) is 2.17. The summed E-state index contributed by atoms with van der Waals surface area (Å²) < 4.78 is 0. The molecular weight excluding hydrogens is 242 g/mol. The number of carboxylic acid groups (broad SMARTS) is 2. The molecule has 1 aromatic rings. The molecular formula is C11H11NO6. The van der Waals surface area contributed by atoms with Crippen LogP contribution in [0, 0.1) is 0 Å². The van der Waals surface area contributed by atoms with Crippen LogP contribution in [0.2, 0.25) is 0 Å². The first-order valence-corrected chi connectivity index (χ1v) is 4.94. The smallest absolute Gasteiger partial charge is 0.394 e. The van der Waals surface area contributed by atoms with Gasteiger partial charge in [-0.2, -0.15) is 0 Å². The highest BCUT2D eigenvalue weighted by atomic mass is 16.4. The molecule has 0 radical (unpaired) electrons. The lowest BCUT2D eigenvalue weighted by atomic mass is 10.1. The van der Waals surface area contributed by atoms with Crippen molar-refractivity contribution in [2.75, 3.05) is 0 Å². The highest BCUT2D eigenvalue weighted by molar-refractivity contribution is 6.31. The molecule has 0 heterocycles. The zero-order chi connectivity index (χ0) is 13.7. The van der Waals surface area contributed by atoms with Gasteiger partial charge in [0.1, 0.15) is 11.8 Å². The Bertz CT molecular complexity index is 467. The van der Waals surface area contributed by atoms with Crippen molar-refractivity contribution in [1.82, 2.24) is 5.32 Å². The molecule has 0 aliphatic carbocycles. The summed E-state index contributed by atoms with van der Waals surface area (Å²) in [6, 6.07) is 4.37. The van der Waals surface area contributed by atoms with E-state index in [0.29, 0.717) is 5.56 Å². The standard InChI is InChI=1S/C11H11NO6/c13-7-3-1-6(2-4-7)5-8(10(15)16)12-9(14)11(17)18/h1-4,8,13H,5H2,(H,12,14)(H,15,16)(H,17,18)/t8-/m0/s1. The Hall–Kier alpha value is -2.57. The van der Waals surface area contributed by atoms with E-state index >= 15 is 0 Å². The van der Waals surface area contributed by atoms with Crippen LogP contribution in [0.3, 0.4) is 0 Å². The monoisotopic (exact) mass is 253 g/mol. The Kier molecular flexibility index (Phi) is 4.25. The number of carboxylic acids is 2. The number of nitrogens with one attached hydrogen (secondary N) is 1. The summed E-state index contributed by atoms with van der Waals surface area (Å²) in [6.07, 6.45) is -0.0748. The third-order valence-corrected chi connectivity index (χ3v) is 2.17. The zero-order valence-corrected chi connectivity index (χ0v) is 9.16. The van der Waals surface area contributed by atoms with Gasteiger partial charge in [0.15, 0.2) is 0 Å². The lowest BCUT2D eigenvalue weighted by Gasteiger charge is -2.12. The van der Waals surface area contributed by atoms with Crippen LogP contribution < -0.4 is 5.32 Å². The van der Waals surface area contributed by atoms with E-state index in [1.165, 1.54) is 24.3 Å². The van der Waals surface area contributed by atoms with Crippen LogP contribution in [0.4, 0.5) is 0 Å². The number of benzene rings is 1. The number of hydrogen-bond acceptors (Lipinski definition) is 4. The molecule has 1 aromatic carbocycles. The molecule has 0 saturated carbocycles. The van der Waals surface area contributed by atoms with Crippen molar-refractivity contribution in [2.45, 2.75) is 12.5 Å². The Morgan fingerprint density at radius 2 is 1.67 bits per heavy atom. The van der Waals surface area contributed by atoms with E-state index in [2.05, 4.69) is 0 Å². The molecule has 0 saturated heterocycles. The second-order valence-corrected chi connectivity index (χ2v) is 3.54. The molecule has 7 heteroatoms. The fourth-order valence-electron chi connectivity index (χ4n) is 1.29. The highest BCUT2D eigenvalue weighted by Crippen LogP contribution is 2.11. The summed E-state index contributed by atoms with van der Waals surface area (Å²) in [5, 5.41) is 28.2. The Balaban J connectivity index is 2.75. The Morgan fingerprint density at radius 1 is 1.11 bits per heavy atom. The predicted octanol–water partition coefficient (Wildman–Crippen LogP) is -0.411. The number of amides is 1. The van der Waals surface area contributed by atoms with Gasteiger partial charge in [-0.25, -0.2) is 9.59 Å². The van der Waals surface area contributed by atoms with Gasteiger partial charge in [-0.05, 0) is 17.7 Å². The van der Waals surface area contributed by atoms with Crippen molar-refractivity contribution in [3.05, 3.63) is 29.8 Å². The van der Waals surface area contributed by atoms with Crippen LogP contribution in [0.5, 0.6) is 5.75 Å². The maximum absolute atomic E-state index is 10.9. The average molecular weight is 253 g/mol. The molecule has 96 valence electrons. The zero-order valence-electron chi connectivity index (χ0n) is 9.16. The van der Waals surface area contributed by atoms with Gasteiger partial charge in [-0.3, -0.25) is 4.79 Å². The molecule has 0 aliphatic rings. The molecule has 7 nitrogen and oxygen atoms in total. The minimum absolute atomic E-state index is 0.0280. The summed E-state index contributed by atoms with van der Waals surface area (Å²) in [5.41, 5.74) is 0.547. The van der Waals surface area contributed by atoms with Gasteiger partial charge in [0.05, 0.1) is 0 Å². The fraction of sp³-hybridized carbons (Fsp3) is 0.182. The lowest BCUT2D eigenvalue weighted by Crippen LogP contribution is -2.45. The summed E-state index contributed by atoms with van der Waals surface area (Å²) in [6.45, 7) is 0. The summed E-state index contributed by atoms with van der Waals surface area (Å²) in [7, 11) is 0. The Morgan fingerprint density at radius 3 is 2.11 bits per heavy atom. The molecule has 4 N–H and O–H groups in total. The van der Waals surface area contributed by atoms with E-state index in [9.17, 15) is 14.4 Å². The summed E-state index contributed by atoms with van der Waals surface area (Å²) >= 11 is 0. The van der Waals surface area contributed by atoms with E-state index < -0.39 is 23.9 Å². The second-order valence-electron chi connectivity index (χ2n) is 3.54. The fourth-order valence-corrected chi connectivity index (χ4v) is 1.29. The molecule has 0 aliphatic heterocycles. The van der Waals surface area contributed by atoms with Gasteiger partial charge in [-0.15, -0.1) is 0 Å². The molecule has 1 atom stereocenters. The molecule has 0 unspecified atom stereocenters. The van der Waals surface area contributed by atoms with E-state index in [1.54, 1.807) is 0 Å². The maximum atomic E-state index is 10.9. The van der Waals surface area contributed by atoms with Gasteiger partial charge >= 0.3 is 17.8 Å². The minimum Gasteiger partial charge on any atom is -0.508 e. The predicted molar refractivity (Wildman–Crippen MR) is 59.0 cm³/mol. The number of rotatable bonds is 4. The maximum Gasteiger partial charge on any atom is 0.394 e. The first-order valence-electron chi connectivity index (χ1n) is 4.94. The number of hydrogen-bond donors (Lipinski definition) is 4. The largest absolute Gasteiger partial charge is 0.508 e. The number of phenolic OH excluding ortho intramolecular Hbond substituents is 1. The SMILES string of the molecule is O=C(O)C(=O)N[C@@H](Cc1ccc(O)cc1)C(=O)O. The first kappa shape index (κ1) is 13.5. The first-order chi connectivity index (χ1) is 8.40. The molecule has 0 aromatic heterocycles. The van der Waals surface area contributed by atoms with E-state index in [1.807, 2.05) is 5.32 Å².